The molecule has 2 aromatic carbocycles. The van der Waals surface area contributed by atoms with E-state index in [4.69, 9.17) is 4.74 Å². The van der Waals surface area contributed by atoms with Gasteiger partial charge in [-0.1, -0.05) is 6.07 Å². The number of benzene rings is 2. The van der Waals surface area contributed by atoms with Gasteiger partial charge >= 0.3 is 0 Å². The zero-order valence-electron chi connectivity index (χ0n) is 10.2. The van der Waals surface area contributed by atoms with Crippen molar-refractivity contribution in [1.29, 1.82) is 0 Å². The number of hydrogen-bond donors (Lipinski definition) is 0. The molecule has 0 spiro atoms. The lowest BCUT2D eigenvalue weighted by atomic mass is 10.0. The highest BCUT2D eigenvalue weighted by atomic mass is 19.1. The van der Waals surface area contributed by atoms with E-state index in [0.717, 1.165) is 5.56 Å². The fourth-order valence-electron chi connectivity index (χ4n) is 1.70. The molecule has 0 heterocycles. The minimum Gasteiger partial charge on any atom is -0.497 e. The van der Waals surface area contributed by atoms with Gasteiger partial charge < -0.3 is 4.74 Å². The highest BCUT2D eigenvalue weighted by Gasteiger charge is 2.13. The first kappa shape index (κ1) is 12.3. The molecule has 2 nitrogen and oxygen atoms in total. The van der Waals surface area contributed by atoms with Crippen molar-refractivity contribution >= 4 is 5.78 Å². The molecule has 3 heteroatoms. The van der Waals surface area contributed by atoms with Crippen LogP contribution in [0.4, 0.5) is 4.39 Å². The summed E-state index contributed by atoms with van der Waals surface area (Å²) in [6.45, 7) is 1.78. The number of rotatable bonds is 3. The van der Waals surface area contributed by atoms with Gasteiger partial charge in [0.15, 0.2) is 5.78 Å². The lowest BCUT2D eigenvalue weighted by Gasteiger charge is -2.05. The molecule has 0 N–H and O–H groups in total. The lowest BCUT2D eigenvalue weighted by Crippen LogP contribution is -2.04. The average Bonchev–Trinajstić information content (AvgIpc) is 2.38. The van der Waals surface area contributed by atoms with Crippen LogP contribution in [0.5, 0.6) is 5.75 Å². The normalized spacial score (nSPS) is 10.2. The van der Waals surface area contributed by atoms with Gasteiger partial charge in [-0.15, -0.1) is 0 Å². The Kier molecular flexibility index (Phi) is 3.42. The summed E-state index contributed by atoms with van der Waals surface area (Å²) < 4.78 is 18.7. The molecule has 92 valence electrons. The van der Waals surface area contributed by atoms with E-state index in [2.05, 4.69) is 0 Å². The fraction of sp³-hybridized carbons (Fsp3) is 0.133. The first-order chi connectivity index (χ1) is 8.61. The fourth-order valence-corrected chi connectivity index (χ4v) is 1.70. The summed E-state index contributed by atoms with van der Waals surface area (Å²) in [5.74, 6) is -0.151. The number of carbonyl (C=O) groups excluding carboxylic acids is 1. The van der Waals surface area contributed by atoms with Crippen molar-refractivity contribution in [1.82, 2.24) is 0 Å². The lowest BCUT2D eigenvalue weighted by molar-refractivity contribution is 0.103. The van der Waals surface area contributed by atoms with Crippen LogP contribution in [0.15, 0.2) is 42.5 Å². The van der Waals surface area contributed by atoms with Crippen LogP contribution in [0.2, 0.25) is 0 Å². The van der Waals surface area contributed by atoms with Gasteiger partial charge in [0.2, 0.25) is 0 Å². The number of aryl methyl sites for hydroxylation is 1. The summed E-state index contributed by atoms with van der Waals surface area (Å²) in [5.41, 5.74) is 1.32. The topological polar surface area (TPSA) is 26.3 Å². The third-order valence-corrected chi connectivity index (χ3v) is 2.72. The van der Waals surface area contributed by atoms with E-state index in [9.17, 15) is 9.18 Å². The quantitative estimate of drug-likeness (QED) is 0.774. The predicted molar refractivity (Wildman–Crippen MR) is 67.6 cm³/mol. The number of carbonyl (C=O) groups is 1. The van der Waals surface area contributed by atoms with E-state index in [1.807, 2.05) is 0 Å². The Labute approximate surface area is 105 Å². The second-order valence-electron chi connectivity index (χ2n) is 4.04. The molecule has 0 saturated heterocycles. The Hall–Kier alpha value is -2.16. The van der Waals surface area contributed by atoms with Crippen LogP contribution in [0.1, 0.15) is 21.5 Å². The maximum Gasteiger partial charge on any atom is 0.195 e. The molecular weight excluding hydrogens is 231 g/mol. The third kappa shape index (κ3) is 2.40. The molecule has 2 aromatic rings. The molecule has 0 bridgehead atoms. The summed E-state index contributed by atoms with van der Waals surface area (Å²) in [6, 6.07) is 11.2. The van der Waals surface area contributed by atoms with E-state index in [1.165, 1.54) is 12.1 Å². The number of methoxy groups -OCH3 is 1. The number of ketones is 1. The van der Waals surface area contributed by atoms with Crippen molar-refractivity contribution in [2.75, 3.05) is 7.11 Å². The summed E-state index contributed by atoms with van der Waals surface area (Å²) in [7, 11) is 1.55. The molecule has 0 saturated carbocycles. The molecular formula is C15H13FO2. The van der Waals surface area contributed by atoms with Gasteiger partial charge in [0.25, 0.3) is 0 Å². The van der Waals surface area contributed by atoms with E-state index < -0.39 is 5.82 Å². The highest BCUT2D eigenvalue weighted by Crippen LogP contribution is 2.17. The molecule has 18 heavy (non-hydrogen) atoms. The molecule has 0 atom stereocenters. The Morgan fingerprint density at radius 1 is 1.11 bits per heavy atom. The van der Waals surface area contributed by atoms with Gasteiger partial charge in [0.05, 0.1) is 12.7 Å². The van der Waals surface area contributed by atoms with Crippen molar-refractivity contribution < 1.29 is 13.9 Å². The number of hydrogen-bond acceptors (Lipinski definition) is 2. The molecule has 0 aliphatic rings. The molecule has 0 fully saturated rings. The van der Waals surface area contributed by atoms with Gasteiger partial charge in [0.1, 0.15) is 11.6 Å². The second kappa shape index (κ2) is 5.00. The van der Waals surface area contributed by atoms with Crippen LogP contribution >= 0.6 is 0 Å². The van der Waals surface area contributed by atoms with E-state index >= 15 is 0 Å². The maximum atomic E-state index is 13.7. The van der Waals surface area contributed by atoms with Crippen LogP contribution in [0, 0.1) is 12.7 Å². The molecule has 0 amide bonds. The van der Waals surface area contributed by atoms with Crippen LogP contribution in [0.3, 0.4) is 0 Å². The second-order valence-corrected chi connectivity index (χ2v) is 4.04. The van der Waals surface area contributed by atoms with Gasteiger partial charge in [-0.25, -0.2) is 4.39 Å². The van der Waals surface area contributed by atoms with Gasteiger partial charge in [-0.3, -0.25) is 4.79 Å². The molecule has 2 rings (SSSR count). The van der Waals surface area contributed by atoms with Gasteiger partial charge in [0, 0.05) is 5.56 Å². The number of halogens is 1. The van der Waals surface area contributed by atoms with Crippen LogP contribution in [-0.4, -0.2) is 12.9 Å². The summed E-state index contributed by atoms with van der Waals surface area (Å²) >= 11 is 0. The molecule has 0 unspecified atom stereocenters. The van der Waals surface area contributed by atoms with Crippen molar-refractivity contribution in [3.8, 4) is 5.75 Å². The summed E-state index contributed by atoms with van der Waals surface area (Å²) in [6.07, 6.45) is 0. The Morgan fingerprint density at radius 3 is 2.33 bits per heavy atom. The number of ether oxygens (including phenoxy) is 1. The minimum atomic E-state index is -0.490. The highest BCUT2D eigenvalue weighted by molar-refractivity contribution is 6.09. The smallest absolute Gasteiger partial charge is 0.195 e. The van der Waals surface area contributed by atoms with Crippen LogP contribution < -0.4 is 4.74 Å². The Bertz CT molecular complexity index is 574. The first-order valence-corrected chi connectivity index (χ1v) is 5.56. The average molecular weight is 244 g/mol. The zero-order chi connectivity index (χ0) is 13.1. The molecule has 0 radical (unpaired) electrons. The van der Waals surface area contributed by atoms with Crippen molar-refractivity contribution in [2.24, 2.45) is 0 Å². The largest absolute Gasteiger partial charge is 0.497 e. The van der Waals surface area contributed by atoms with E-state index in [0.29, 0.717) is 11.3 Å². The molecule has 0 aliphatic heterocycles. The van der Waals surface area contributed by atoms with Gasteiger partial charge in [-0.2, -0.15) is 0 Å². The Morgan fingerprint density at radius 2 is 1.78 bits per heavy atom. The van der Waals surface area contributed by atoms with E-state index in [-0.39, 0.29) is 11.3 Å². The van der Waals surface area contributed by atoms with Gasteiger partial charge in [-0.05, 0) is 48.9 Å². The third-order valence-electron chi connectivity index (χ3n) is 2.72. The monoisotopic (exact) mass is 244 g/mol. The minimum absolute atomic E-state index is 0.0887. The summed E-state index contributed by atoms with van der Waals surface area (Å²) in [4.78, 5) is 12.1. The van der Waals surface area contributed by atoms with Crippen molar-refractivity contribution in [2.45, 2.75) is 6.92 Å². The first-order valence-electron chi connectivity index (χ1n) is 5.56. The summed E-state index contributed by atoms with van der Waals surface area (Å²) in [5, 5.41) is 0. The van der Waals surface area contributed by atoms with E-state index in [1.54, 1.807) is 44.4 Å². The molecule has 0 aromatic heterocycles. The van der Waals surface area contributed by atoms with Crippen molar-refractivity contribution in [3.63, 3.8) is 0 Å². The standard InChI is InChI=1S/C15H13FO2/c1-10-3-8-13(14(16)9-10)15(17)11-4-6-12(18-2)7-5-11/h3-9H,1-2H3. The zero-order valence-corrected chi connectivity index (χ0v) is 10.2. The predicted octanol–water partition coefficient (Wildman–Crippen LogP) is 3.37. The SMILES string of the molecule is COc1ccc(C(=O)c2ccc(C)cc2F)cc1. The maximum absolute atomic E-state index is 13.7. The van der Waals surface area contributed by atoms with Crippen LogP contribution in [-0.2, 0) is 0 Å². The molecule has 0 aliphatic carbocycles. The van der Waals surface area contributed by atoms with Crippen molar-refractivity contribution in [3.05, 3.63) is 65.0 Å². The van der Waals surface area contributed by atoms with Crippen LogP contribution in [0.25, 0.3) is 0 Å². The Balaban J connectivity index is 2.35.